The maximum absolute atomic E-state index is 12.2. The van der Waals surface area contributed by atoms with Crippen molar-refractivity contribution in [3.05, 3.63) is 70.2 Å². The summed E-state index contributed by atoms with van der Waals surface area (Å²) in [6.45, 7) is 6.23. The van der Waals surface area contributed by atoms with Gasteiger partial charge in [-0.05, 0) is 43.5 Å². The van der Waals surface area contributed by atoms with Gasteiger partial charge in [0, 0.05) is 29.6 Å². The number of hydrogen-bond acceptors (Lipinski definition) is 5. The van der Waals surface area contributed by atoms with Gasteiger partial charge in [-0.2, -0.15) is 4.98 Å². The Balaban J connectivity index is 1.38. The third-order valence-corrected chi connectivity index (χ3v) is 6.13. The van der Waals surface area contributed by atoms with Crippen LogP contribution in [0.1, 0.15) is 22.4 Å². The van der Waals surface area contributed by atoms with Crippen LogP contribution in [0.25, 0.3) is 16.3 Å². The van der Waals surface area contributed by atoms with Crippen LogP contribution in [0.3, 0.4) is 0 Å². The highest BCUT2D eigenvalue weighted by Crippen LogP contribution is 2.23. The van der Waals surface area contributed by atoms with Gasteiger partial charge in [-0.25, -0.2) is 4.52 Å². The fourth-order valence-corrected chi connectivity index (χ4v) is 4.14. The van der Waals surface area contributed by atoms with Gasteiger partial charge in [0.15, 0.2) is 5.82 Å². The van der Waals surface area contributed by atoms with E-state index >= 15 is 0 Å². The molecular formula is C23H23N5O2S. The Kier molecular flexibility index (Phi) is 5.81. The Morgan fingerprint density at radius 1 is 1.00 bits per heavy atom. The molecule has 0 saturated heterocycles. The van der Waals surface area contributed by atoms with Gasteiger partial charge in [0.25, 0.3) is 0 Å². The summed E-state index contributed by atoms with van der Waals surface area (Å²) in [7, 11) is 0. The molecule has 0 unspecified atom stereocenters. The minimum Gasteiger partial charge on any atom is -0.347 e. The van der Waals surface area contributed by atoms with E-state index in [1.165, 1.54) is 11.3 Å². The lowest BCUT2D eigenvalue weighted by atomic mass is 10.1. The number of carbonyl (C=O) groups is 2. The van der Waals surface area contributed by atoms with E-state index in [1.54, 1.807) is 10.6 Å². The molecule has 8 heteroatoms. The van der Waals surface area contributed by atoms with Gasteiger partial charge in [0.2, 0.25) is 4.96 Å². The molecule has 0 aliphatic rings. The molecule has 2 aromatic carbocycles. The molecule has 2 aromatic heterocycles. The standard InChI is InChI=1S/C23H23N5O2S/c1-14-8-6-10-19(16(14)3)25-22(30)21(29)24-12-11-17-13-31-23-26-20(27-28(17)23)18-9-5-4-7-15(18)2/h4-10,13H,11-12H2,1-3H3,(H,24,29)(H,25,30). The van der Waals surface area contributed by atoms with Crippen LogP contribution >= 0.6 is 11.3 Å². The van der Waals surface area contributed by atoms with E-state index in [0.29, 0.717) is 24.5 Å². The van der Waals surface area contributed by atoms with Crippen molar-refractivity contribution in [3.8, 4) is 11.4 Å². The zero-order chi connectivity index (χ0) is 22.0. The Bertz CT molecular complexity index is 1270. The minimum atomic E-state index is -0.674. The number of hydrogen-bond donors (Lipinski definition) is 2. The summed E-state index contributed by atoms with van der Waals surface area (Å²) in [4.78, 5) is 29.8. The van der Waals surface area contributed by atoms with E-state index in [2.05, 4.69) is 20.7 Å². The molecule has 0 atom stereocenters. The Labute approximate surface area is 184 Å². The number of benzene rings is 2. The van der Waals surface area contributed by atoms with E-state index in [9.17, 15) is 9.59 Å². The van der Waals surface area contributed by atoms with E-state index in [-0.39, 0.29) is 0 Å². The van der Waals surface area contributed by atoms with Crippen LogP contribution in [0.4, 0.5) is 5.69 Å². The summed E-state index contributed by atoms with van der Waals surface area (Å²) in [5.41, 5.74) is 5.69. The van der Waals surface area contributed by atoms with Crippen molar-refractivity contribution in [1.29, 1.82) is 0 Å². The lowest BCUT2D eigenvalue weighted by molar-refractivity contribution is -0.136. The number of thiazole rings is 1. The maximum Gasteiger partial charge on any atom is 0.313 e. The van der Waals surface area contributed by atoms with Gasteiger partial charge >= 0.3 is 11.8 Å². The fraction of sp³-hybridized carbons (Fsp3) is 0.217. The maximum atomic E-state index is 12.2. The van der Waals surface area contributed by atoms with Gasteiger partial charge < -0.3 is 10.6 Å². The van der Waals surface area contributed by atoms with Crippen LogP contribution in [0.2, 0.25) is 0 Å². The summed E-state index contributed by atoms with van der Waals surface area (Å²) in [6.07, 6.45) is 0.541. The highest BCUT2D eigenvalue weighted by molar-refractivity contribution is 7.15. The zero-order valence-electron chi connectivity index (χ0n) is 17.6. The van der Waals surface area contributed by atoms with Gasteiger partial charge in [0.05, 0.1) is 5.69 Å². The van der Waals surface area contributed by atoms with Crippen molar-refractivity contribution in [2.45, 2.75) is 27.2 Å². The summed E-state index contributed by atoms with van der Waals surface area (Å²) in [6, 6.07) is 13.6. The van der Waals surface area contributed by atoms with Crippen LogP contribution in [0.5, 0.6) is 0 Å². The molecular weight excluding hydrogens is 410 g/mol. The predicted molar refractivity (Wildman–Crippen MR) is 122 cm³/mol. The molecule has 0 fully saturated rings. The number of aromatic nitrogens is 3. The topological polar surface area (TPSA) is 88.4 Å². The molecule has 2 heterocycles. The van der Waals surface area contributed by atoms with Crippen molar-refractivity contribution in [2.24, 2.45) is 0 Å². The summed E-state index contributed by atoms with van der Waals surface area (Å²) in [5.74, 6) is -0.651. The highest BCUT2D eigenvalue weighted by atomic mass is 32.1. The number of nitrogens with one attached hydrogen (secondary N) is 2. The summed E-state index contributed by atoms with van der Waals surface area (Å²) < 4.78 is 1.80. The van der Waals surface area contributed by atoms with Crippen molar-refractivity contribution >= 4 is 33.8 Å². The smallest absolute Gasteiger partial charge is 0.313 e. The minimum absolute atomic E-state index is 0.324. The Hall–Kier alpha value is -3.52. The van der Waals surface area contributed by atoms with Crippen LogP contribution < -0.4 is 10.6 Å². The lowest BCUT2D eigenvalue weighted by Gasteiger charge is -2.10. The molecule has 0 radical (unpaired) electrons. The SMILES string of the molecule is Cc1ccccc1-c1nc2scc(CCNC(=O)C(=O)Nc3cccc(C)c3C)n2n1. The van der Waals surface area contributed by atoms with Crippen LogP contribution in [0.15, 0.2) is 47.8 Å². The first-order chi connectivity index (χ1) is 14.9. The monoisotopic (exact) mass is 433 g/mol. The van der Waals surface area contributed by atoms with E-state index in [0.717, 1.165) is 32.9 Å². The number of rotatable bonds is 5. The first-order valence-corrected chi connectivity index (χ1v) is 10.9. The normalized spacial score (nSPS) is 10.9. The largest absolute Gasteiger partial charge is 0.347 e. The molecule has 0 bridgehead atoms. The molecule has 31 heavy (non-hydrogen) atoms. The quantitative estimate of drug-likeness (QED) is 0.470. The predicted octanol–water partition coefficient (Wildman–Crippen LogP) is 3.68. The van der Waals surface area contributed by atoms with Crippen molar-refractivity contribution in [3.63, 3.8) is 0 Å². The van der Waals surface area contributed by atoms with Gasteiger partial charge in [0.1, 0.15) is 0 Å². The van der Waals surface area contributed by atoms with E-state index < -0.39 is 11.8 Å². The van der Waals surface area contributed by atoms with Crippen LogP contribution in [-0.2, 0) is 16.0 Å². The second-order valence-electron chi connectivity index (χ2n) is 7.38. The molecule has 158 valence electrons. The third kappa shape index (κ3) is 4.34. The fourth-order valence-electron chi connectivity index (χ4n) is 3.28. The van der Waals surface area contributed by atoms with Crippen LogP contribution in [-0.4, -0.2) is 33.0 Å². The van der Waals surface area contributed by atoms with Crippen molar-refractivity contribution < 1.29 is 9.59 Å². The number of amides is 2. The Morgan fingerprint density at radius 3 is 2.58 bits per heavy atom. The second-order valence-corrected chi connectivity index (χ2v) is 8.22. The molecule has 2 N–H and O–H groups in total. The van der Waals surface area contributed by atoms with Crippen LogP contribution in [0, 0.1) is 20.8 Å². The molecule has 0 saturated carbocycles. The molecule has 0 spiro atoms. The average Bonchev–Trinajstić information content (AvgIpc) is 3.33. The Morgan fingerprint density at radius 2 is 1.77 bits per heavy atom. The number of aryl methyl sites for hydroxylation is 2. The zero-order valence-corrected chi connectivity index (χ0v) is 18.4. The van der Waals surface area contributed by atoms with E-state index in [4.69, 9.17) is 0 Å². The van der Waals surface area contributed by atoms with Gasteiger partial charge in [-0.15, -0.1) is 16.4 Å². The van der Waals surface area contributed by atoms with Gasteiger partial charge in [-0.3, -0.25) is 9.59 Å². The van der Waals surface area contributed by atoms with Gasteiger partial charge in [-0.1, -0.05) is 36.4 Å². The van der Waals surface area contributed by atoms with E-state index in [1.807, 2.05) is 62.5 Å². The second kappa shape index (κ2) is 8.69. The number of nitrogens with zero attached hydrogens (tertiary/aromatic N) is 3. The number of fused-ring (bicyclic) bond motifs is 1. The first kappa shape index (κ1) is 20.7. The molecule has 4 rings (SSSR count). The lowest BCUT2D eigenvalue weighted by Crippen LogP contribution is -2.36. The molecule has 0 aliphatic carbocycles. The molecule has 2 amide bonds. The first-order valence-electron chi connectivity index (χ1n) is 9.98. The van der Waals surface area contributed by atoms with Crippen molar-refractivity contribution in [2.75, 3.05) is 11.9 Å². The summed E-state index contributed by atoms with van der Waals surface area (Å²) in [5, 5.41) is 12.0. The summed E-state index contributed by atoms with van der Waals surface area (Å²) >= 11 is 1.50. The number of carbonyl (C=O) groups excluding carboxylic acids is 2. The molecule has 7 nitrogen and oxygen atoms in total. The molecule has 0 aliphatic heterocycles. The highest BCUT2D eigenvalue weighted by Gasteiger charge is 2.16. The number of anilines is 1. The average molecular weight is 434 g/mol. The molecule has 4 aromatic rings. The third-order valence-electron chi connectivity index (χ3n) is 5.26. The van der Waals surface area contributed by atoms with Crippen molar-refractivity contribution in [1.82, 2.24) is 19.9 Å².